The highest BCUT2D eigenvalue weighted by Crippen LogP contribution is 2.35. The van der Waals surface area contributed by atoms with E-state index in [2.05, 4.69) is 10.3 Å². The first-order valence-corrected chi connectivity index (χ1v) is 10.0. The maximum atomic E-state index is 12.8. The Morgan fingerprint density at radius 3 is 2.83 bits per heavy atom. The summed E-state index contributed by atoms with van der Waals surface area (Å²) < 4.78 is 7.04. The van der Waals surface area contributed by atoms with Gasteiger partial charge in [-0.2, -0.15) is 0 Å². The molecule has 0 saturated carbocycles. The highest BCUT2D eigenvalue weighted by molar-refractivity contribution is 7.15. The van der Waals surface area contributed by atoms with Crippen LogP contribution in [0.25, 0.3) is 22.3 Å². The highest BCUT2D eigenvalue weighted by atomic mass is 35.5. The number of halogens is 1. The largest absolute Gasteiger partial charge is 0.503 e. The van der Waals surface area contributed by atoms with Gasteiger partial charge >= 0.3 is 0 Å². The number of fused-ring (bicyclic) bond motifs is 1. The molecule has 0 aliphatic carbocycles. The number of nitrogens with zero attached hydrogens (tertiary/aromatic N) is 2. The van der Waals surface area contributed by atoms with Crippen molar-refractivity contribution in [1.29, 1.82) is 0 Å². The van der Waals surface area contributed by atoms with E-state index in [9.17, 15) is 14.7 Å². The minimum atomic E-state index is -0.223. The Kier molecular flexibility index (Phi) is 5.19. The minimum absolute atomic E-state index is 0.132. The van der Waals surface area contributed by atoms with Gasteiger partial charge in [0.05, 0.1) is 22.4 Å². The van der Waals surface area contributed by atoms with Crippen molar-refractivity contribution >= 4 is 39.9 Å². The summed E-state index contributed by atoms with van der Waals surface area (Å²) in [4.78, 5) is 29.8. The fourth-order valence-electron chi connectivity index (χ4n) is 3.02. The Bertz CT molecular complexity index is 1390. The van der Waals surface area contributed by atoms with Gasteiger partial charge < -0.3 is 15.2 Å². The summed E-state index contributed by atoms with van der Waals surface area (Å²) in [6.07, 6.45) is 3.32. The molecule has 2 aromatic heterocycles. The van der Waals surface area contributed by atoms with Gasteiger partial charge in [-0.15, -0.1) is 0 Å². The molecule has 0 saturated heterocycles. The molecule has 4 rings (SSSR count). The fourth-order valence-corrected chi connectivity index (χ4v) is 4.19. The van der Waals surface area contributed by atoms with Gasteiger partial charge in [-0.05, 0) is 35.9 Å². The van der Waals surface area contributed by atoms with Crippen LogP contribution in [0.15, 0.2) is 47.4 Å². The van der Waals surface area contributed by atoms with Crippen LogP contribution in [-0.2, 0) is 0 Å². The summed E-state index contributed by atoms with van der Waals surface area (Å²) in [6, 6.07) is 10.2. The lowest BCUT2D eigenvalue weighted by Crippen LogP contribution is -2.22. The van der Waals surface area contributed by atoms with Crippen LogP contribution in [0.4, 0.5) is 0 Å². The number of benzene rings is 2. The second kappa shape index (κ2) is 7.81. The third kappa shape index (κ3) is 3.51. The van der Waals surface area contributed by atoms with Crippen LogP contribution in [0.1, 0.15) is 15.9 Å². The molecule has 0 atom stereocenters. The predicted molar refractivity (Wildman–Crippen MR) is 117 cm³/mol. The molecule has 0 bridgehead atoms. The second-order valence-corrected chi connectivity index (χ2v) is 7.82. The Morgan fingerprint density at radius 1 is 1.33 bits per heavy atom. The molecule has 0 aliphatic heterocycles. The lowest BCUT2D eigenvalue weighted by molar-refractivity contribution is 0.0963. The van der Waals surface area contributed by atoms with Gasteiger partial charge in [0.1, 0.15) is 0 Å². The van der Waals surface area contributed by atoms with Crippen LogP contribution in [0, 0.1) is 0 Å². The fraction of sp³-hybridized carbons (Fsp3) is 0.0952. The van der Waals surface area contributed by atoms with Crippen molar-refractivity contribution in [3.8, 4) is 22.8 Å². The monoisotopic (exact) mass is 441 g/mol. The number of nitrogens with one attached hydrogen (secondary N) is 1. The number of phenols is 1. The molecule has 0 fully saturated rings. The van der Waals surface area contributed by atoms with E-state index in [-0.39, 0.29) is 28.0 Å². The van der Waals surface area contributed by atoms with E-state index in [1.54, 1.807) is 49.7 Å². The van der Waals surface area contributed by atoms with E-state index in [4.69, 9.17) is 16.3 Å². The molecular formula is C21H16ClN3O4S. The number of thiazole rings is 1. The summed E-state index contributed by atoms with van der Waals surface area (Å²) in [5.74, 6) is -0.119. The lowest BCUT2D eigenvalue weighted by atomic mass is 10.1. The molecule has 0 aliphatic rings. The average molecular weight is 442 g/mol. The zero-order valence-electron chi connectivity index (χ0n) is 16.0. The summed E-state index contributed by atoms with van der Waals surface area (Å²) in [6.45, 7) is 0. The van der Waals surface area contributed by atoms with Crippen LogP contribution in [-0.4, -0.2) is 34.6 Å². The SMILES string of the molecule is CNC(=O)c1cccc(-c2cn3c(=O)/c(=C/c4cc(Cl)c(O)c(OC)c4)sc3n2)c1. The first-order chi connectivity index (χ1) is 14.4. The molecule has 2 heterocycles. The number of amides is 1. The number of carbonyl (C=O) groups excluding carboxylic acids is 1. The zero-order chi connectivity index (χ0) is 21.4. The summed E-state index contributed by atoms with van der Waals surface area (Å²) >= 11 is 7.26. The third-order valence-electron chi connectivity index (χ3n) is 4.52. The maximum Gasteiger partial charge on any atom is 0.274 e. The molecule has 30 heavy (non-hydrogen) atoms. The zero-order valence-corrected chi connectivity index (χ0v) is 17.5. The number of hydrogen-bond acceptors (Lipinski definition) is 6. The van der Waals surface area contributed by atoms with Gasteiger partial charge in [0, 0.05) is 24.4 Å². The first-order valence-electron chi connectivity index (χ1n) is 8.84. The van der Waals surface area contributed by atoms with E-state index in [1.807, 2.05) is 6.07 Å². The van der Waals surface area contributed by atoms with E-state index >= 15 is 0 Å². The highest BCUT2D eigenvalue weighted by Gasteiger charge is 2.13. The molecule has 0 unspecified atom stereocenters. The molecule has 4 aromatic rings. The number of phenolic OH excluding ortho intramolecular Hbond substituents is 1. The number of aromatic hydroxyl groups is 1. The second-order valence-electron chi connectivity index (χ2n) is 6.41. The van der Waals surface area contributed by atoms with E-state index in [1.165, 1.54) is 22.8 Å². The van der Waals surface area contributed by atoms with Crippen LogP contribution in [0.5, 0.6) is 11.5 Å². The quantitative estimate of drug-likeness (QED) is 0.508. The van der Waals surface area contributed by atoms with Crippen molar-refractivity contribution < 1.29 is 14.6 Å². The van der Waals surface area contributed by atoms with Gasteiger partial charge in [0.15, 0.2) is 16.5 Å². The topological polar surface area (TPSA) is 92.9 Å². The van der Waals surface area contributed by atoms with Gasteiger partial charge in [0.25, 0.3) is 11.5 Å². The molecule has 0 spiro atoms. The van der Waals surface area contributed by atoms with Gasteiger partial charge in [-0.3, -0.25) is 14.0 Å². The molecule has 1 amide bonds. The molecule has 2 aromatic carbocycles. The molecule has 9 heteroatoms. The van der Waals surface area contributed by atoms with Crippen LogP contribution in [0.2, 0.25) is 5.02 Å². The number of hydrogen-bond donors (Lipinski definition) is 2. The van der Waals surface area contributed by atoms with Crippen molar-refractivity contribution in [1.82, 2.24) is 14.7 Å². The molecule has 2 N–H and O–H groups in total. The van der Waals surface area contributed by atoms with Crippen LogP contribution < -0.4 is 20.1 Å². The van der Waals surface area contributed by atoms with Gasteiger partial charge in [-0.25, -0.2) is 4.98 Å². The molecule has 0 radical (unpaired) electrons. The van der Waals surface area contributed by atoms with Gasteiger partial charge in [-0.1, -0.05) is 35.1 Å². The number of ether oxygens (including phenoxy) is 1. The first kappa shape index (κ1) is 19.9. The average Bonchev–Trinajstić information content (AvgIpc) is 3.29. The van der Waals surface area contributed by atoms with Crippen molar-refractivity contribution in [2.75, 3.05) is 14.2 Å². The summed E-state index contributed by atoms with van der Waals surface area (Å²) in [5.41, 5.74) is 2.26. The standard InChI is InChI=1S/C21H16ClN3O4S/c1-23-19(27)13-5-3-4-12(9-13)15-10-25-20(28)17(30-21(25)24-15)8-11-6-14(22)18(26)16(7-11)29-2/h3-10,26H,1-2H3,(H,23,27)/b17-8-. The number of imidazole rings is 1. The number of rotatable bonds is 4. The van der Waals surface area contributed by atoms with Crippen molar-refractivity contribution in [3.05, 3.63) is 73.6 Å². The van der Waals surface area contributed by atoms with Gasteiger partial charge in [0.2, 0.25) is 0 Å². The third-order valence-corrected chi connectivity index (χ3v) is 5.79. The number of aromatic nitrogens is 2. The lowest BCUT2D eigenvalue weighted by Gasteiger charge is -2.05. The summed E-state index contributed by atoms with van der Waals surface area (Å²) in [5, 5.41) is 12.6. The Morgan fingerprint density at radius 2 is 2.13 bits per heavy atom. The number of carbonyl (C=O) groups is 1. The van der Waals surface area contributed by atoms with E-state index in [0.29, 0.717) is 26.3 Å². The molecule has 7 nitrogen and oxygen atoms in total. The predicted octanol–water partition coefficient (Wildman–Crippen LogP) is 2.70. The van der Waals surface area contributed by atoms with E-state index in [0.717, 1.165) is 5.56 Å². The van der Waals surface area contributed by atoms with Crippen LogP contribution >= 0.6 is 22.9 Å². The normalized spacial score (nSPS) is 11.8. The Hall–Kier alpha value is -3.36. The van der Waals surface area contributed by atoms with E-state index < -0.39 is 0 Å². The molecule has 152 valence electrons. The van der Waals surface area contributed by atoms with Crippen molar-refractivity contribution in [2.24, 2.45) is 0 Å². The molecular weight excluding hydrogens is 426 g/mol. The van der Waals surface area contributed by atoms with Crippen molar-refractivity contribution in [3.63, 3.8) is 0 Å². The number of methoxy groups -OCH3 is 1. The Balaban J connectivity index is 1.77. The smallest absolute Gasteiger partial charge is 0.274 e. The Labute approximate surface area is 179 Å². The summed E-state index contributed by atoms with van der Waals surface area (Å²) in [7, 11) is 2.99. The van der Waals surface area contributed by atoms with Crippen molar-refractivity contribution in [2.45, 2.75) is 0 Å². The van der Waals surface area contributed by atoms with Crippen LogP contribution in [0.3, 0.4) is 0 Å². The maximum absolute atomic E-state index is 12.8. The minimum Gasteiger partial charge on any atom is -0.503 e.